The number of nitrogens with zero attached hydrogens (tertiary/aromatic N) is 2. The highest BCUT2D eigenvalue weighted by Crippen LogP contribution is 2.26. The quantitative estimate of drug-likeness (QED) is 0.540. The maximum absolute atomic E-state index is 12.6. The van der Waals surface area contributed by atoms with Gasteiger partial charge >= 0.3 is 0 Å². The zero-order chi connectivity index (χ0) is 23.5. The number of aromatic nitrogens is 1. The van der Waals surface area contributed by atoms with Crippen LogP contribution in [0.1, 0.15) is 20.7 Å². The van der Waals surface area contributed by atoms with Crippen molar-refractivity contribution in [1.82, 2.24) is 9.29 Å². The van der Waals surface area contributed by atoms with Gasteiger partial charge in [0.25, 0.3) is 5.91 Å². The molecule has 166 valence electrons. The van der Waals surface area contributed by atoms with E-state index in [9.17, 15) is 18.0 Å². The van der Waals surface area contributed by atoms with Crippen LogP contribution in [0.25, 0.3) is 0 Å². The summed E-state index contributed by atoms with van der Waals surface area (Å²) in [6.07, 6.45) is 1.37. The number of nitrogens with one attached hydrogen (secondary N) is 1. The number of halogens is 1. The molecular formula is C21H19ClN4O5S. The third-order valence-electron chi connectivity index (χ3n) is 4.29. The molecule has 0 aliphatic carbocycles. The summed E-state index contributed by atoms with van der Waals surface area (Å²) in [4.78, 5) is 27.8. The summed E-state index contributed by atoms with van der Waals surface area (Å²) in [5, 5.41) is 2.64. The zero-order valence-corrected chi connectivity index (χ0v) is 18.6. The Bertz CT molecular complexity index is 1280. The molecule has 0 aliphatic rings. The molecule has 3 rings (SSSR count). The highest BCUT2D eigenvalue weighted by Gasteiger charge is 2.22. The standard InChI is InChI=1S/C21H19ClN4O5S/c1-26(2)32(29,30)18-11-14(6-8-17(18)22)21(28)25-15-7-9-19(24-12-15)31-16-5-3-4-13(10-16)20(23)27/h3-12H,1-2H3,(H2,23,27)(H,25,28). The molecule has 0 atom stereocenters. The minimum atomic E-state index is -3.82. The highest BCUT2D eigenvalue weighted by atomic mass is 35.5. The average Bonchev–Trinajstić information content (AvgIpc) is 2.75. The Morgan fingerprint density at radius 2 is 1.81 bits per heavy atom. The molecule has 0 fully saturated rings. The summed E-state index contributed by atoms with van der Waals surface area (Å²) < 4.78 is 31.4. The lowest BCUT2D eigenvalue weighted by molar-refractivity contribution is 0.0997. The van der Waals surface area contributed by atoms with Crippen molar-refractivity contribution in [3.05, 3.63) is 76.9 Å². The van der Waals surface area contributed by atoms with Crippen molar-refractivity contribution in [3.8, 4) is 11.6 Å². The second-order valence-corrected chi connectivity index (χ2v) is 9.29. The zero-order valence-electron chi connectivity index (χ0n) is 17.1. The molecule has 2 amide bonds. The molecule has 1 heterocycles. The summed E-state index contributed by atoms with van der Waals surface area (Å²) in [7, 11) is -1.07. The third-order valence-corrected chi connectivity index (χ3v) is 6.58. The van der Waals surface area contributed by atoms with Crippen LogP contribution in [0.4, 0.5) is 5.69 Å². The highest BCUT2D eigenvalue weighted by molar-refractivity contribution is 7.89. The fourth-order valence-electron chi connectivity index (χ4n) is 2.59. The van der Waals surface area contributed by atoms with Crippen molar-refractivity contribution < 1.29 is 22.7 Å². The van der Waals surface area contributed by atoms with E-state index in [2.05, 4.69) is 10.3 Å². The predicted molar refractivity (Wildman–Crippen MR) is 120 cm³/mol. The van der Waals surface area contributed by atoms with Gasteiger partial charge in [-0.1, -0.05) is 17.7 Å². The number of amides is 2. The van der Waals surface area contributed by atoms with E-state index >= 15 is 0 Å². The molecule has 3 N–H and O–H groups in total. The second kappa shape index (κ2) is 9.35. The number of carbonyl (C=O) groups excluding carboxylic acids is 2. The molecule has 0 aliphatic heterocycles. The van der Waals surface area contributed by atoms with Crippen molar-refractivity contribution >= 4 is 39.1 Å². The van der Waals surface area contributed by atoms with Gasteiger partial charge in [-0.05, 0) is 42.5 Å². The van der Waals surface area contributed by atoms with Gasteiger partial charge in [0.15, 0.2) is 0 Å². The lowest BCUT2D eigenvalue weighted by Crippen LogP contribution is -2.23. The third kappa shape index (κ3) is 5.22. The van der Waals surface area contributed by atoms with Crippen LogP contribution in [0, 0.1) is 0 Å². The molecule has 0 unspecified atom stereocenters. The average molecular weight is 475 g/mol. The summed E-state index contributed by atoms with van der Waals surface area (Å²) >= 11 is 6.01. The summed E-state index contributed by atoms with van der Waals surface area (Å²) in [6, 6.07) is 13.4. The minimum absolute atomic E-state index is 0.0128. The van der Waals surface area contributed by atoms with Gasteiger partial charge in [-0.3, -0.25) is 9.59 Å². The van der Waals surface area contributed by atoms with Crippen LogP contribution >= 0.6 is 11.6 Å². The van der Waals surface area contributed by atoms with Crippen LogP contribution in [-0.4, -0.2) is 43.6 Å². The minimum Gasteiger partial charge on any atom is -0.439 e. The number of primary amides is 1. The van der Waals surface area contributed by atoms with Crippen molar-refractivity contribution in [2.45, 2.75) is 4.90 Å². The Morgan fingerprint density at radius 3 is 2.44 bits per heavy atom. The molecule has 0 spiro atoms. The number of pyridine rings is 1. The maximum atomic E-state index is 12.6. The molecule has 3 aromatic rings. The molecular weight excluding hydrogens is 456 g/mol. The lowest BCUT2D eigenvalue weighted by atomic mass is 10.2. The second-order valence-electron chi connectivity index (χ2n) is 6.77. The van der Waals surface area contributed by atoms with Gasteiger partial charge in [0, 0.05) is 31.3 Å². The van der Waals surface area contributed by atoms with Gasteiger partial charge in [-0.15, -0.1) is 0 Å². The van der Waals surface area contributed by atoms with Gasteiger partial charge in [0.2, 0.25) is 21.8 Å². The molecule has 0 bridgehead atoms. The van der Waals surface area contributed by atoms with E-state index < -0.39 is 21.8 Å². The van der Waals surface area contributed by atoms with E-state index in [0.29, 0.717) is 17.0 Å². The van der Waals surface area contributed by atoms with Crippen LogP contribution < -0.4 is 15.8 Å². The van der Waals surface area contributed by atoms with Gasteiger partial charge < -0.3 is 15.8 Å². The van der Waals surface area contributed by atoms with Crippen molar-refractivity contribution in [2.75, 3.05) is 19.4 Å². The topological polar surface area (TPSA) is 132 Å². The Morgan fingerprint density at radius 1 is 1.06 bits per heavy atom. The number of rotatable bonds is 7. The van der Waals surface area contributed by atoms with Crippen LogP contribution in [0.15, 0.2) is 65.7 Å². The van der Waals surface area contributed by atoms with Gasteiger partial charge in [0.1, 0.15) is 10.6 Å². The monoisotopic (exact) mass is 474 g/mol. The Kier molecular flexibility index (Phi) is 6.78. The number of anilines is 1. The predicted octanol–water partition coefficient (Wildman–Crippen LogP) is 3.13. The summed E-state index contributed by atoms with van der Waals surface area (Å²) in [5.74, 6) is -0.511. The Balaban J connectivity index is 1.74. The van der Waals surface area contributed by atoms with Crippen LogP contribution in [0.5, 0.6) is 11.6 Å². The van der Waals surface area contributed by atoms with Crippen molar-refractivity contribution in [1.29, 1.82) is 0 Å². The number of benzene rings is 2. The molecule has 32 heavy (non-hydrogen) atoms. The smallest absolute Gasteiger partial charge is 0.255 e. The van der Waals surface area contributed by atoms with E-state index in [1.807, 2.05) is 0 Å². The number of carbonyl (C=O) groups is 2. The van der Waals surface area contributed by atoms with Crippen molar-refractivity contribution in [3.63, 3.8) is 0 Å². The first-order chi connectivity index (χ1) is 15.1. The normalized spacial score (nSPS) is 11.2. The summed E-state index contributed by atoms with van der Waals surface area (Å²) in [6.45, 7) is 0. The van der Waals surface area contributed by atoms with E-state index in [0.717, 1.165) is 4.31 Å². The molecule has 0 radical (unpaired) electrons. The van der Waals surface area contributed by atoms with Crippen LogP contribution in [-0.2, 0) is 10.0 Å². The van der Waals surface area contributed by atoms with Crippen LogP contribution in [0.2, 0.25) is 5.02 Å². The van der Waals surface area contributed by atoms with E-state index in [4.69, 9.17) is 22.1 Å². The molecule has 0 saturated heterocycles. The molecule has 9 nitrogen and oxygen atoms in total. The first kappa shape index (κ1) is 23.2. The lowest BCUT2D eigenvalue weighted by Gasteiger charge is -2.14. The first-order valence-electron chi connectivity index (χ1n) is 9.15. The first-order valence-corrected chi connectivity index (χ1v) is 11.0. The van der Waals surface area contributed by atoms with Crippen molar-refractivity contribution in [2.24, 2.45) is 5.73 Å². The van der Waals surface area contributed by atoms with E-state index in [-0.39, 0.29) is 21.4 Å². The summed E-state index contributed by atoms with van der Waals surface area (Å²) in [5.41, 5.74) is 6.02. The van der Waals surface area contributed by atoms with Gasteiger partial charge in [-0.2, -0.15) is 0 Å². The number of hydrogen-bond acceptors (Lipinski definition) is 6. The largest absolute Gasteiger partial charge is 0.439 e. The molecule has 0 saturated carbocycles. The molecule has 11 heteroatoms. The number of hydrogen-bond donors (Lipinski definition) is 2. The Hall–Kier alpha value is -3.47. The van der Waals surface area contributed by atoms with Gasteiger partial charge in [-0.25, -0.2) is 17.7 Å². The Labute approximate surface area is 189 Å². The number of sulfonamides is 1. The SMILES string of the molecule is CN(C)S(=O)(=O)c1cc(C(=O)Nc2ccc(Oc3cccc(C(N)=O)c3)nc2)ccc1Cl. The van der Waals surface area contributed by atoms with Crippen LogP contribution in [0.3, 0.4) is 0 Å². The van der Waals surface area contributed by atoms with E-state index in [1.54, 1.807) is 24.3 Å². The number of ether oxygens (including phenoxy) is 1. The fraction of sp³-hybridized carbons (Fsp3) is 0.0952. The molecule has 2 aromatic carbocycles. The van der Waals surface area contributed by atoms with E-state index in [1.165, 1.54) is 50.6 Å². The van der Waals surface area contributed by atoms with Gasteiger partial charge in [0.05, 0.1) is 16.9 Å². The fourth-order valence-corrected chi connectivity index (χ4v) is 3.98. The number of nitrogens with two attached hydrogens (primary N) is 1. The maximum Gasteiger partial charge on any atom is 0.255 e. The molecule has 1 aromatic heterocycles.